The molecule has 0 aliphatic carbocycles. The van der Waals surface area contributed by atoms with E-state index in [0.29, 0.717) is 11.4 Å². The van der Waals surface area contributed by atoms with Crippen molar-refractivity contribution in [3.63, 3.8) is 0 Å². The van der Waals surface area contributed by atoms with Crippen molar-refractivity contribution in [3.8, 4) is 0 Å². The van der Waals surface area contributed by atoms with Crippen LogP contribution in [0.1, 0.15) is 22.7 Å². The summed E-state index contributed by atoms with van der Waals surface area (Å²) in [5.74, 6) is 5.35. The van der Waals surface area contributed by atoms with Crippen LogP contribution >= 0.6 is 27.5 Å². The highest BCUT2D eigenvalue weighted by Crippen LogP contribution is 2.30. The van der Waals surface area contributed by atoms with E-state index in [0.717, 1.165) is 21.2 Å². The number of nitrogens with two attached hydrogens (primary N) is 1. The molecular formula is C15H15BrClFN2. The van der Waals surface area contributed by atoms with E-state index in [1.807, 2.05) is 25.1 Å². The van der Waals surface area contributed by atoms with Crippen LogP contribution in [-0.2, 0) is 6.42 Å². The molecule has 2 rings (SSSR count). The second-order valence-electron chi connectivity index (χ2n) is 4.64. The van der Waals surface area contributed by atoms with Crippen LogP contribution in [-0.4, -0.2) is 0 Å². The van der Waals surface area contributed by atoms with Gasteiger partial charge in [-0.25, -0.2) is 4.39 Å². The van der Waals surface area contributed by atoms with Gasteiger partial charge in [0.1, 0.15) is 5.82 Å². The van der Waals surface area contributed by atoms with Crippen LogP contribution < -0.4 is 11.3 Å². The average molecular weight is 358 g/mol. The molecule has 0 fully saturated rings. The fraction of sp³-hybridized carbons (Fsp3) is 0.200. The third kappa shape index (κ3) is 3.38. The third-order valence-corrected chi connectivity index (χ3v) is 4.68. The zero-order valence-corrected chi connectivity index (χ0v) is 13.3. The molecule has 0 spiro atoms. The van der Waals surface area contributed by atoms with Gasteiger partial charge in [0.25, 0.3) is 0 Å². The molecule has 0 amide bonds. The minimum atomic E-state index is -0.302. The Labute approximate surface area is 131 Å². The summed E-state index contributed by atoms with van der Waals surface area (Å²) < 4.78 is 14.3. The summed E-state index contributed by atoms with van der Waals surface area (Å²) in [4.78, 5) is 0. The van der Waals surface area contributed by atoms with Gasteiger partial charge in [0.2, 0.25) is 0 Å². The Morgan fingerprint density at radius 3 is 2.80 bits per heavy atom. The van der Waals surface area contributed by atoms with Gasteiger partial charge < -0.3 is 0 Å². The van der Waals surface area contributed by atoms with E-state index in [-0.39, 0.29) is 11.9 Å². The van der Waals surface area contributed by atoms with E-state index in [1.54, 1.807) is 6.07 Å². The lowest BCUT2D eigenvalue weighted by Gasteiger charge is -2.19. The quantitative estimate of drug-likeness (QED) is 0.632. The van der Waals surface area contributed by atoms with Crippen LogP contribution in [0, 0.1) is 12.7 Å². The monoisotopic (exact) mass is 356 g/mol. The Hall–Kier alpha value is -0.940. The summed E-state index contributed by atoms with van der Waals surface area (Å²) in [5.41, 5.74) is 5.64. The summed E-state index contributed by atoms with van der Waals surface area (Å²) in [6.07, 6.45) is 0.509. The predicted octanol–water partition coefficient (Wildman–Crippen LogP) is 4.30. The topological polar surface area (TPSA) is 38.0 Å². The van der Waals surface area contributed by atoms with E-state index < -0.39 is 0 Å². The van der Waals surface area contributed by atoms with Gasteiger partial charge >= 0.3 is 0 Å². The SMILES string of the molecule is Cc1cccc(C(Cc2cc(F)ccc2Cl)NN)c1Br. The van der Waals surface area contributed by atoms with E-state index in [2.05, 4.69) is 21.4 Å². The Morgan fingerprint density at radius 2 is 2.10 bits per heavy atom. The maximum Gasteiger partial charge on any atom is 0.123 e. The molecule has 3 N–H and O–H groups in total. The first-order valence-corrected chi connectivity index (χ1v) is 7.35. The number of hydrogen-bond donors (Lipinski definition) is 2. The minimum Gasteiger partial charge on any atom is -0.271 e. The zero-order chi connectivity index (χ0) is 14.7. The Morgan fingerprint density at radius 1 is 1.35 bits per heavy atom. The van der Waals surface area contributed by atoms with E-state index >= 15 is 0 Å². The summed E-state index contributed by atoms with van der Waals surface area (Å²) in [5, 5.41) is 0.537. The van der Waals surface area contributed by atoms with E-state index in [4.69, 9.17) is 17.4 Å². The minimum absolute atomic E-state index is 0.149. The van der Waals surface area contributed by atoms with Crippen LogP contribution in [0.5, 0.6) is 0 Å². The van der Waals surface area contributed by atoms with Crippen LogP contribution in [0.4, 0.5) is 4.39 Å². The number of hydrazine groups is 1. The van der Waals surface area contributed by atoms with Crippen molar-refractivity contribution in [2.45, 2.75) is 19.4 Å². The lowest BCUT2D eigenvalue weighted by Crippen LogP contribution is -2.30. The Bertz CT molecular complexity index is 619. The van der Waals surface area contributed by atoms with E-state index in [9.17, 15) is 4.39 Å². The highest BCUT2D eigenvalue weighted by Gasteiger charge is 2.16. The van der Waals surface area contributed by atoms with Crippen molar-refractivity contribution < 1.29 is 4.39 Å². The van der Waals surface area contributed by atoms with Crippen LogP contribution in [0.2, 0.25) is 5.02 Å². The molecule has 0 heterocycles. The van der Waals surface area contributed by atoms with E-state index in [1.165, 1.54) is 12.1 Å². The molecule has 0 aliphatic rings. The summed E-state index contributed by atoms with van der Waals surface area (Å²) in [6.45, 7) is 2.01. The third-order valence-electron chi connectivity index (χ3n) is 3.23. The lowest BCUT2D eigenvalue weighted by molar-refractivity contribution is 0.546. The molecule has 1 atom stereocenters. The van der Waals surface area contributed by atoms with Crippen LogP contribution in [0.25, 0.3) is 0 Å². The number of benzene rings is 2. The Balaban J connectivity index is 2.34. The molecule has 0 radical (unpaired) electrons. The predicted molar refractivity (Wildman–Crippen MR) is 84.1 cm³/mol. The van der Waals surface area contributed by atoms with Gasteiger partial charge in [0, 0.05) is 9.50 Å². The molecule has 0 bridgehead atoms. The highest BCUT2D eigenvalue weighted by atomic mass is 79.9. The van der Waals surface area contributed by atoms with Crippen molar-refractivity contribution in [1.82, 2.24) is 5.43 Å². The first-order valence-electron chi connectivity index (χ1n) is 6.18. The normalized spacial score (nSPS) is 12.4. The van der Waals surface area contributed by atoms with Crippen molar-refractivity contribution in [2.75, 3.05) is 0 Å². The lowest BCUT2D eigenvalue weighted by atomic mass is 9.98. The van der Waals surface area contributed by atoms with Crippen LogP contribution in [0.15, 0.2) is 40.9 Å². The van der Waals surface area contributed by atoms with Crippen molar-refractivity contribution >= 4 is 27.5 Å². The maximum atomic E-state index is 13.3. The molecule has 2 aromatic carbocycles. The fourth-order valence-electron chi connectivity index (χ4n) is 2.12. The van der Waals surface area contributed by atoms with Crippen molar-refractivity contribution in [1.29, 1.82) is 0 Å². The summed E-state index contributed by atoms with van der Waals surface area (Å²) in [6, 6.07) is 10.2. The smallest absolute Gasteiger partial charge is 0.123 e. The summed E-state index contributed by atoms with van der Waals surface area (Å²) in [7, 11) is 0. The molecule has 2 aromatic rings. The molecule has 0 saturated heterocycles. The second kappa shape index (κ2) is 6.68. The highest BCUT2D eigenvalue weighted by molar-refractivity contribution is 9.10. The first kappa shape index (κ1) is 15.4. The molecule has 5 heteroatoms. The molecular weight excluding hydrogens is 343 g/mol. The van der Waals surface area contributed by atoms with Crippen molar-refractivity contribution in [2.24, 2.45) is 5.84 Å². The molecule has 20 heavy (non-hydrogen) atoms. The largest absolute Gasteiger partial charge is 0.271 e. The molecule has 106 valence electrons. The number of rotatable bonds is 4. The second-order valence-corrected chi connectivity index (χ2v) is 5.84. The maximum absolute atomic E-state index is 13.3. The first-order chi connectivity index (χ1) is 9.52. The molecule has 0 aromatic heterocycles. The molecule has 0 aliphatic heterocycles. The van der Waals surface area contributed by atoms with Crippen LogP contribution in [0.3, 0.4) is 0 Å². The average Bonchev–Trinajstić information content (AvgIpc) is 2.43. The standard InChI is InChI=1S/C15H15BrClFN2/c1-9-3-2-4-12(15(9)16)14(20-19)8-10-7-11(18)5-6-13(10)17/h2-7,14,20H,8,19H2,1H3. The number of halogens is 3. The van der Waals surface area contributed by atoms with Gasteiger partial charge in [0.15, 0.2) is 0 Å². The molecule has 2 nitrogen and oxygen atoms in total. The van der Waals surface area contributed by atoms with Gasteiger partial charge in [-0.05, 0) is 48.2 Å². The van der Waals surface area contributed by atoms with Crippen molar-refractivity contribution in [3.05, 3.63) is 68.4 Å². The van der Waals surface area contributed by atoms with Gasteiger partial charge in [-0.3, -0.25) is 11.3 Å². The molecule has 0 saturated carbocycles. The van der Waals surface area contributed by atoms with Gasteiger partial charge in [0.05, 0.1) is 6.04 Å². The fourth-order valence-corrected chi connectivity index (χ4v) is 2.85. The van der Waals surface area contributed by atoms with Gasteiger partial charge in [-0.2, -0.15) is 0 Å². The number of hydrogen-bond acceptors (Lipinski definition) is 2. The number of aryl methyl sites for hydroxylation is 1. The molecule has 1 unspecified atom stereocenters. The van der Waals surface area contributed by atoms with Gasteiger partial charge in [-0.15, -0.1) is 0 Å². The number of nitrogens with one attached hydrogen (secondary N) is 1. The summed E-state index contributed by atoms with van der Waals surface area (Å²) >= 11 is 9.67. The van der Waals surface area contributed by atoms with Gasteiger partial charge in [-0.1, -0.05) is 45.7 Å². The Kier molecular flexibility index (Phi) is 5.16. The zero-order valence-electron chi connectivity index (χ0n) is 11.0.